The summed E-state index contributed by atoms with van der Waals surface area (Å²) < 4.78 is 0. The molecule has 1 heterocycles. The van der Waals surface area contributed by atoms with Crippen LogP contribution in [0.25, 0.3) is 0 Å². The molecule has 0 aliphatic carbocycles. The molecule has 1 heteroatoms. The minimum absolute atomic E-state index is 0.499. The van der Waals surface area contributed by atoms with E-state index in [9.17, 15) is 0 Å². The van der Waals surface area contributed by atoms with Crippen LogP contribution in [0.2, 0.25) is 10.1 Å². The predicted octanol–water partition coefficient (Wildman–Crippen LogP) is 4.46. The summed E-state index contributed by atoms with van der Waals surface area (Å²) in [5, 5.41) is 4.51. The van der Waals surface area contributed by atoms with Crippen LogP contribution in [-0.2, 0) is 0 Å². The molecule has 1 rings (SSSR count). The maximum atomic E-state index is 2.42. The number of hydrogen-bond acceptors (Lipinski definition) is 0. The topological polar surface area (TPSA) is 0 Å². The third-order valence-electron chi connectivity index (χ3n) is 3.88. The van der Waals surface area contributed by atoms with Crippen molar-refractivity contribution < 1.29 is 0 Å². The highest BCUT2D eigenvalue weighted by Gasteiger charge is 2.64. The summed E-state index contributed by atoms with van der Waals surface area (Å²) in [4.78, 5) is 0. The van der Waals surface area contributed by atoms with Gasteiger partial charge in [0.1, 0.15) is 8.07 Å². The Balaban J connectivity index is 3.12. The standard InChI is InChI=1S/C12H24Si/c1-9-10(2)13(9,11(3,4)5)12(6,7)8/h1-8H3. The Labute approximate surface area is 84.4 Å². The van der Waals surface area contributed by atoms with Crippen molar-refractivity contribution in [1.29, 1.82) is 0 Å². The zero-order valence-electron chi connectivity index (χ0n) is 10.5. The minimum Gasteiger partial charge on any atom is -0.0825 e. The molecule has 0 aromatic rings. The van der Waals surface area contributed by atoms with E-state index in [2.05, 4.69) is 55.4 Å². The van der Waals surface area contributed by atoms with E-state index in [4.69, 9.17) is 0 Å². The second kappa shape index (κ2) is 2.50. The van der Waals surface area contributed by atoms with Crippen LogP contribution in [0.15, 0.2) is 10.4 Å². The van der Waals surface area contributed by atoms with Gasteiger partial charge >= 0.3 is 0 Å². The molecular weight excluding hydrogens is 172 g/mol. The second-order valence-corrected chi connectivity index (χ2v) is 12.5. The highest BCUT2D eigenvalue weighted by atomic mass is 28.3. The van der Waals surface area contributed by atoms with Crippen molar-refractivity contribution >= 4 is 8.07 Å². The van der Waals surface area contributed by atoms with E-state index in [1.165, 1.54) is 0 Å². The summed E-state index contributed by atoms with van der Waals surface area (Å²) in [5.41, 5.74) is 0. The van der Waals surface area contributed by atoms with Gasteiger partial charge in [-0.3, -0.25) is 0 Å². The lowest BCUT2D eigenvalue weighted by molar-refractivity contribution is 0.639. The van der Waals surface area contributed by atoms with E-state index in [0.29, 0.717) is 10.1 Å². The van der Waals surface area contributed by atoms with Crippen LogP contribution in [0.1, 0.15) is 55.4 Å². The Kier molecular flexibility index (Phi) is 2.12. The summed E-state index contributed by atoms with van der Waals surface area (Å²) in [6.07, 6.45) is 0. The van der Waals surface area contributed by atoms with Crippen molar-refractivity contribution in [3.63, 3.8) is 0 Å². The van der Waals surface area contributed by atoms with Gasteiger partial charge in [0.05, 0.1) is 0 Å². The molecule has 0 radical (unpaired) electrons. The van der Waals surface area contributed by atoms with Crippen LogP contribution in [0.3, 0.4) is 0 Å². The van der Waals surface area contributed by atoms with Gasteiger partial charge in [0, 0.05) is 0 Å². The Bertz CT molecular complexity index is 230. The van der Waals surface area contributed by atoms with Crippen LogP contribution >= 0.6 is 0 Å². The van der Waals surface area contributed by atoms with Gasteiger partial charge < -0.3 is 0 Å². The van der Waals surface area contributed by atoms with Gasteiger partial charge in [-0.1, -0.05) is 51.9 Å². The zero-order valence-corrected chi connectivity index (χ0v) is 11.5. The molecule has 0 saturated heterocycles. The van der Waals surface area contributed by atoms with Gasteiger partial charge in [-0.05, 0) is 23.9 Å². The molecule has 0 aromatic heterocycles. The summed E-state index contributed by atoms with van der Waals surface area (Å²) in [7, 11) is -1.23. The molecule has 0 amide bonds. The van der Waals surface area contributed by atoms with Gasteiger partial charge in [0.25, 0.3) is 0 Å². The number of hydrogen-bond donors (Lipinski definition) is 0. The Morgan fingerprint density at radius 2 is 0.923 bits per heavy atom. The molecule has 0 saturated carbocycles. The summed E-state index contributed by atoms with van der Waals surface area (Å²) in [6, 6.07) is 0. The molecule has 0 fully saturated rings. The maximum Gasteiger partial charge on any atom is 0.117 e. The number of rotatable bonds is 0. The third-order valence-corrected chi connectivity index (χ3v) is 11.1. The van der Waals surface area contributed by atoms with Crippen LogP contribution in [-0.4, -0.2) is 8.07 Å². The van der Waals surface area contributed by atoms with Crippen molar-refractivity contribution in [3.8, 4) is 0 Å². The molecule has 0 N–H and O–H groups in total. The van der Waals surface area contributed by atoms with E-state index >= 15 is 0 Å². The van der Waals surface area contributed by atoms with Crippen LogP contribution in [0, 0.1) is 0 Å². The average Bonchev–Trinajstić information content (AvgIpc) is 2.32. The molecule has 76 valence electrons. The van der Waals surface area contributed by atoms with Gasteiger partial charge in [0.15, 0.2) is 0 Å². The third kappa shape index (κ3) is 1.16. The summed E-state index contributed by atoms with van der Waals surface area (Å²) in [6.45, 7) is 19.2. The van der Waals surface area contributed by atoms with Crippen molar-refractivity contribution in [2.24, 2.45) is 0 Å². The smallest absolute Gasteiger partial charge is 0.0825 e. The van der Waals surface area contributed by atoms with E-state index in [1.54, 1.807) is 10.4 Å². The largest absolute Gasteiger partial charge is 0.117 e. The van der Waals surface area contributed by atoms with E-state index in [1.807, 2.05) is 0 Å². The van der Waals surface area contributed by atoms with Crippen molar-refractivity contribution in [3.05, 3.63) is 10.4 Å². The molecule has 1 aliphatic heterocycles. The maximum absolute atomic E-state index is 2.42. The summed E-state index contributed by atoms with van der Waals surface area (Å²) in [5.74, 6) is 0. The average molecular weight is 196 g/mol. The Morgan fingerprint density at radius 3 is 0.923 bits per heavy atom. The molecule has 0 spiro atoms. The van der Waals surface area contributed by atoms with Crippen molar-refractivity contribution in [2.75, 3.05) is 0 Å². The fraction of sp³-hybridized carbons (Fsp3) is 0.833. The van der Waals surface area contributed by atoms with Gasteiger partial charge in [-0.15, -0.1) is 0 Å². The first kappa shape index (κ1) is 11.0. The van der Waals surface area contributed by atoms with E-state index in [0.717, 1.165) is 0 Å². The molecule has 1 aliphatic rings. The van der Waals surface area contributed by atoms with E-state index in [-0.39, 0.29) is 0 Å². The predicted molar refractivity (Wildman–Crippen MR) is 63.6 cm³/mol. The van der Waals surface area contributed by atoms with E-state index < -0.39 is 8.07 Å². The van der Waals surface area contributed by atoms with Crippen molar-refractivity contribution in [2.45, 2.75) is 65.5 Å². The van der Waals surface area contributed by atoms with Crippen molar-refractivity contribution in [1.82, 2.24) is 0 Å². The first-order valence-corrected chi connectivity index (χ1v) is 7.25. The molecule has 0 bridgehead atoms. The minimum atomic E-state index is -1.23. The fourth-order valence-electron chi connectivity index (χ4n) is 3.94. The van der Waals surface area contributed by atoms with Gasteiger partial charge in [-0.25, -0.2) is 0 Å². The first-order valence-electron chi connectivity index (χ1n) is 5.25. The Morgan fingerprint density at radius 1 is 0.692 bits per heavy atom. The molecule has 13 heavy (non-hydrogen) atoms. The lowest BCUT2D eigenvalue weighted by atomic mass is 10.2. The van der Waals surface area contributed by atoms with Gasteiger partial charge in [-0.2, -0.15) is 0 Å². The normalized spacial score (nSPS) is 22.2. The SMILES string of the molecule is CC1=C(C)[Si]1(C(C)(C)C)C(C)(C)C. The zero-order chi connectivity index (χ0) is 10.7. The fourth-order valence-corrected chi connectivity index (χ4v) is 12.2. The van der Waals surface area contributed by atoms with Crippen LogP contribution < -0.4 is 0 Å². The highest BCUT2D eigenvalue weighted by Crippen LogP contribution is 2.66. The van der Waals surface area contributed by atoms with Crippen LogP contribution in [0.5, 0.6) is 0 Å². The second-order valence-electron chi connectivity index (χ2n) is 6.50. The lowest BCUT2D eigenvalue weighted by Crippen LogP contribution is -2.43. The quantitative estimate of drug-likeness (QED) is 0.502. The van der Waals surface area contributed by atoms with Gasteiger partial charge in [0.2, 0.25) is 0 Å². The molecule has 0 atom stereocenters. The lowest BCUT2D eigenvalue weighted by Gasteiger charge is -2.42. The number of allylic oxidation sites excluding steroid dienone is 2. The summed E-state index contributed by atoms with van der Waals surface area (Å²) >= 11 is 0. The monoisotopic (exact) mass is 196 g/mol. The molecule has 0 unspecified atom stereocenters. The Hall–Kier alpha value is -0.0431. The highest BCUT2D eigenvalue weighted by molar-refractivity contribution is 7.06. The molecular formula is C12H24Si. The van der Waals surface area contributed by atoms with Crippen LogP contribution in [0.4, 0.5) is 0 Å². The first-order chi connectivity index (χ1) is 5.57. The molecule has 0 aromatic carbocycles. The molecule has 0 nitrogen and oxygen atoms in total.